The molecule has 0 saturated heterocycles. The highest BCUT2D eigenvalue weighted by Crippen LogP contribution is 2.39. The third kappa shape index (κ3) is 10.7. The Labute approximate surface area is 337 Å². The monoisotopic (exact) mass is 930 g/mol. The van der Waals surface area contributed by atoms with E-state index in [0.29, 0.717) is 87.2 Å². The van der Waals surface area contributed by atoms with Gasteiger partial charge >= 0.3 is 0 Å². The summed E-state index contributed by atoms with van der Waals surface area (Å²) in [6, 6.07) is 24.2. The minimum atomic E-state index is -3.48. The Morgan fingerprint density at radius 3 is 1.45 bits per heavy atom. The molecular weight excluding hydrogens is 904 g/mol. The first kappa shape index (κ1) is 42.4. The molecule has 0 aliphatic heterocycles. The van der Waals surface area contributed by atoms with Gasteiger partial charge in [-0.05, 0) is 92.5 Å². The molecule has 0 unspecified atom stereocenters. The molecular formula is C36H29Br2ClN6O8S2. The molecule has 6 rings (SSSR count). The first-order chi connectivity index (χ1) is 25.8. The van der Waals surface area contributed by atoms with Crippen molar-refractivity contribution >= 4 is 107 Å². The largest absolute Gasteiger partial charge is 0.455 e. The number of hydrogen-bond acceptors (Lipinski definition) is 11. The normalized spacial score (nSPS) is 10.9. The van der Waals surface area contributed by atoms with E-state index in [0.717, 1.165) is 12.5 Å². The van der Waals surface area contributed by atoms with E-state index in [1.807, 2.05) is 6.07 Å². The number of carbonyl (C=O) groups excluding carboxylic acids is 2. The lowest BCUT2D eigenvalue weighted by Crippen LogP contribution is -2.18. The summed E-state index contributed by atoms with van der Waals surface area (Å²) in [5, 5.41) is 24.3. The fourth-order valence-electron chi connectivity index (χ4n) is 5.03. The average molecular weight is 933 g/mol. The second-order valence-corrected chi connectivity index (χ2v) is 17.9. The van der Waals surface area contributed by atoms with E-state index in [-0.39, 0.29) is 11.8 Å². The van der Waals surface area contributed by atoms with Crippen LogP contribution in [0, 0.1) is 22.7 Å². The summed E-state index contributed by atoms with van der Waals surface area (Å²) in [5.74, 6) is 0.183. The third-order valence-electron chi connectivity index (χ3n) is 7.34. The average Bonchev–Trinajstić information content (AvgIpc) is 3.68. The van der Waals surface area contributed by atoms with Crippen LogP contribution < -0.4 is 21.1 Å². The van der Waals surface area contributed by atoms with E-state index >= 15 is 0 Å². The molecule has 6 aromatic rings. The first-order valence-corrected chi connectivity index (χ1v) is 21.6. The van der Waals surface area contributed by atoms with E-state index in [9.17, 15) is 26.4 Å². The molecule has 55 heavy (non-hydrogen) atoms. The number of nitrogen functional groups attached to an aromatic ring is 1. The zero-order valence-electron chi connectivity index (χ0n) is 29.1. The molecule has 0 bridgehead atoms. The summed E-state index contributed by atoms with van der Waals surface area (Å²) in [6.07, 6.45) is 1.97. The van der Waals surface area contributed by atoms with Gasteiger partial charge < -0.3 is 25.2 Å². The predicted octanol–water partition coefficient (Wildman–Crippen LogP) is 7.33. The fraction of sp³-hybridized carbons (Fsp3) is 0.111. The number of halogens is 3. The van der Waals surface area contributed by atoms with Gasteiger partial charge in [-0.25, -0.2) is 16.8 Å². The van der Waals surface area contributed by atoms with Crippen molar-refractivity contribution in [3.63, 3.8) is 0 Å². The molecule has 0 saturated carbocycles. The van der Waals surface area contributed by atoms with Crippen molar-refractivity contribution in [1.29, 1.82) is 10.5 Å². The predicted molar refractivity (Wildman–Crippen MR) is 218 cm³/mol. The van der Waals surface area contributed by atoms with Crippen LogP contribution in [-0.4, -0.2) is 55.3 Å². The number of anilines is 2. The molecule has 2 amide bonds. The minimum Gasteiger partial charge on any atom is -0.455 e. The number of sulfonamides is 1. The molecule has 0 atom stereocenters. The Kier molecular flexibility index (Phi) is 13.4. The summed E-state index contributed by atoms with van der Waals surface area (Å²) in [4.78, 5) is 24.8. The van der Waals surface area contributed by atoms with Crippen LogP contribution in [0.4, 0.5) is 11.4 Å². The summed E-state index contributed by atoms with van der Waals surface area (Å²) in [7, 11) is 0.902. The number of nitrogens with two attached hydrogens (primary N) is 1. The third-order valence-corrected chi connectivity index (χ3v) is 9.27. The zero-order valence-corrected chi connectivity index (χ0v) is 34.7. The van der Waals surface area contributed by atoms with E-state index in [1.54, 1.807) is 73.8 Å². The van der Waals surface area contributed by atoms with E-state index in [2.05, 4.69) is 64.0 Å². The molecule has 4 aromatic carbocycles. The molecule has 0 radical (unpaired) electrons. The lowest BCUT2D eigenvalue weighted by molar-refractivity contribution is 0.0956. The number of furan rings is 2. The van der Waals surface area contributed by atoms with Gasteiger partial charge in [0.15, 0.2) is 0 Å². The Morgan fingerprint density at radius 1 is 0.709 bits per heavy atom. The number of rotatable bonds is 6. The molecule has 5 N–H and O–H groups in total. The van der Waals surface area contributed by atoms with Crippen molar-refractivity contribution in [1.82, 2.24) is 10.6 Å². The molecule has 0 fully saturated rings. The van der Waals surface area contributed by atoms with Crippen molar-refractivity contribution < 1.29 is 35.3 Å². The van der Waals surface area contributed by atoms with Gasteiger partial charge in [0.1, 0.15) is 22.7 Å². The van der Waals surface area contributed by atoms with E-state index < -0.39 is 19.1 Å². The van der Waals surface area contributed by atoms with Crippen LogP contribution in [0.2, 0.25) is 0 Å². The van der Waals surface area contributed by atoms with Gasteiger partial charge in [0, 0.05) is 73.4 Å². The summed E-state index contributed by atoms with van der Waals surface area (Å²) in [5.41, 5.74) is 10.7. The van der Waals surface area contributed by atoms with Crippen LogP contribution in [0.25, 0.3) is 44.6 Å². The van der Waals surface area contributed by atoms with Crippen molar-refractivity contribution in [3.8, 4) is 34.8 Å². The summed E-state index contributed by atoms with van der Waals surface area (Å²) >= 11 is 6.69. The Morgan fingerprint density at radius 2 is 1.09 bits per heavy atom. The highest BCUT2D eigenvalue weighted by atomic mass is 79.9. The van der Waals surface area contributed by atoms with Crippen LogP contribution in [0.3, 0.4) is 0 Å². The number of fused-ring (bicyclic) bond motifs is 2. The standard InChI is InChI=1S/C18H14BrN3O4S.C17H12BrN3O2.CH3ClO2S/c1-21-18(23)16-12-7-13(19)14(22-27(2,24)25)8-15(12)26-17(16)11-5-3-10(9-20)4-6-11;1-21-17(22)15-11-6-12(18)13(20)7-14(11)23-16(15)10-4-2-9(8-19)3-5-10;1-5(2,3)4/h3-8,22H,1-2H3,(H,21,23);2-7H,20H2,1H3,(H,21,22);1H3. The maximum Gasteiger partial charge on any atom is 0.255 e. The van der Waals surface area contributed by atoms with Crippen LogP contribution >= 0.6 is 42.5 Å². The smallest absolute Gasteiger partial charge is 0.255 e. The van der Waals surface area contributed by atoms with Crippen LogP contribution in [0.15, 0.2) is 90.6 Å². The molecule has 19 heteroatoms. The quantitative estimate of drug-likeness (QED) is 0.0953. The second kappa shape index (κ2) is 17.4. The maximum absolute atomic E-state index is 12.5. The van der Waals surface area contributed by atoms with Crippen molar-refractivity contribution in [2.24, 2.45) is 0 Å². The van der Waals surface area contributed by atoms with Crippen molar-refractivity contribution in [3.05, 3.63) is 104 Å². The molecule has 0 aliphatic rings. The first-order valence-electron chi connectivity index (χ1n) is 15.4. The molecule has 2 aromatic heterocycles. The van der Waals surface area contributed by atoms with Gasteiger partial charge in [-0.3, -0.25) is 14.3 Å². The SMILES string of the molecule is CNC(=O)c1c(-c2ccc(C#N)cc2)oc2cc(N)c(Br)cc12.CNC(=O)c1c(-c2ccc(C#N)cc2)oc2cc(NS(C)(=O)=O)c(Br)cc12.CS(=O)(=O)Cl. The lowest BCUT2D eigenvalue weighted by Gasteiger charge is -2.06. The highest BCUT2D eigenvalue weighted by Gasteiger charge is 2.24. The van der Waals surface area contributed by atoms with Crippen molar-refractivity contribution in [2.75, 3.05) is 37.1 Å². The van der Waals surface area contributed by atoms with E-state index in [1.165, 1.54) is 13.1 Å². The number of nitriles is 2. The van der Waals surface area contributed by atoms with Gasteiger partial charge in [0.25, 0.3) is 11.8 Å². The number of carbonyl (C=O) groups is 2. The number of hydrogen-bond donors (Lipinski definition) is 4. The maximum atomic E-state index is 12.5. The highest BCUT2D eigenvalue weighted by molar-refractivity contribution is 9.11. The Balaban J connectivity index is 0.000000220. The lowest BCUT2D eigenvalue weighted by atomic mass is 10.0. The van der Waals surface area contributed by atoms with E-state index in [4.69, 9.17) is 25.1 Å². The van der Waals surface area contributed by atoms with Gasteiger partial charge in [-0.1, -0.05) is 0 Å². The summed E-state index contributed by atoms with van der Waals surface area (Å²) < 4.78 is 57.2. The number of nitrogens with zero attached hydrogens (tertiary/aromatic N) is 2. The number of benzene rings is 4. The minimum absolute atomic E-state index is 0.250. The second-order valence-electron chi connectivity index (χ2n) is 11.4. The Bertz CT molecular complexity index is 2750. The van der Waals surface area contributed by atoms with Crippen molar-refractivity contribution in [2.45, 2.75) is 0 Å². The molecule has 284 valence electrons. The van der Waals surface area contributed by atoms with Crippen LogP contribution in [-0.2, 0) is 19.1 Å². The topological polar surface area (TPSA) is 238 Å². The number of nitrogens with one attached hydrogen (secondary N) is 3. The van der Waals surface area contributed by atoms with Gasteiger partial charge in [0.05, 0.1) is 52.6 Å². The molecule has 2 heterocycles. The zero-order chi connectivity index (χ0) is 40.8. The summed E-state index contributed by atoms with van der Waals surface area (Å²) in [6.45, 7) is 0. The van der Waals surface area contributed by atoms with Gasteiger partial charge in [-0.15, -0.1) is 0 Å². The van der Waals surface area contributed by atoms with Crippen LogP contribution in [0.5, 0.6) is 0 Å². The number of amides is 2. The van der Waals surface area contributed by atoms with Gasteiger partial charge in [0.2, 0.25) is 19.1 Å². The molecule has 0 spiro atoms. The van der Waals surface area contributed by atoms with Gasteiger partial charge in [-0.2, -0.15) is 10.5 Å². The fourth-order valence-corrected chi connectivity index (χ4v) is 6.51. The molecule has 0 aliphatic carbocycles. The Hall–Kier alpha value is -5.37. The van der Waals surface area contributed by atoms with Crippen LogP contribution in [0.1, 0.15) is 31.8 Å². The molecule has 14 nitrogen and oxygen atoms in total.